The van der Waals surface area contributed by atoms with Gasteiger partial charge in [-0.05, 0) is 0 Å². The third kappa shape index (κ3) is 5.11. The normalized spacial score (nSPS) is 11.4. The first-order valence-corrected chi connectivity index (χ1v) is 3.09. The monoisotopic (exact) mass is 143 g/mol. The van der Waals surface area contributed by atoms with Crippen LogP contribution in [0.3, 0.4) is 0 Å². The van der Waals surface area contributed by atoms with Crippen LogP contribution >= 0.6 is 0 Å². The smallest absolute Gasteiger partial charge is 0.140 e. The van der Waals surface area contributed by atoms with Crippen LogP contribution < -0.4 is 11.1 Å². The van der Waals surface area contributed by atoms with Crippen molar-refractivity contribution in [3.63, 3.8) is 0 Å². The molecule has 0 heterocycles. The molecule has 0 aliphatic rings. The van der Waals surface area contributed by atoms with Gasteiger partial charge in [-0.1, -0.05) is 11.2 Å². The Morgan fingerprint density at radius 2 is 2.50 bits per heavy atom. The van der Waals surface area contributed by atoms with E-state index in [-0.39, 0.29) is 5.84 Å². The van der Waals surface area contributed by atoms with Crippen LogP contribution in [0.5, 0.6) is 0 Å². The minimum absolute atomic E-state index is 0.247. The van der Waals surface area contributed by atoms with Gasteiger partial charge in [0.2, 0.25) is 0 Å². The van der Waals surface area contributed by atoms with Crippen molar-refractivity contribution in [2.45, 2.75) is 6.42 Å². The summed E-state index contributed by atoms with van der Waals surface area (Å²) in [6, 6.07) is 0. The Morgan fingerprint density at radius 3 is 3.00 bits per heavy atom. The second-order valence-electron chi connectivity index (χ2n) is 1.83. The van der Waals surface area contributed by atoms with Crippen LogP contribution in [0.4, 0.5) is 0 Å². The minimum Gasteiger partial charge on any atom is -0.409 e. The number of hydrogen-bond donors (Lipinski definition) is 3. The highest BCUT2D eigenvalue weighted by atomic mass is 16.4. The van der Waals surface area contributed by atoms with Crippen molar-refractivity contribution in [1.82, 2.24) is 5.32 Å². The molecule has 0 aromatic heterocycles. The lowest BCUT2D eigenvalue weighted by atomic mass is 10.4. The van der Waals surface area contributed by atoms with E-state index in [9.17, 15) is 0 Å². The van der Waals surface area contributed by atoms with E-state index in [0.29, 0.717) is 13.0 Å². The number of oxime groups is 1. The van der Waals surface area contributed by atoms with Crippen LogP contribution in [0.15, 0.2) is 17.8 Å². The molecule has 0 aliphatic carbocycles. The highest BCUT2D eigenvalue weighted by Gasteiger charge is 1.89. The van der Waals surface area contributed by atoms with E-state index in [2.05, 4.69) is 17.1 Å². The Morgan fingerprint density at radius 1 is 1.80 bits per heavy atom. The summed E-state index contributed by atoms with van der Waals surface area (Å²) in [6.45, 7) is 4.98. The third-order valence-corrected chi connectivity index (χ3v) is 0.975. The molecule has 0 amide bonds. The first-order chi connectivity index (χ1) is 4.81. The van der Waals surface area contributed by atoms with Crippen LogP contribution in [0.25, 0.3) is 0 Å². The summed E-state index contributed by atoms with van der Waals surface area (Å²) in [4.78, 5) is 0. The molecule has 0 aromatic carbocycles. The van der Waals surface area contributed by atoms with Gasteiger partial charge < -0.3 is 16.3 Å². The summed E-state index contributed by atoms with van der Waals surface area (Å²) in [7, 11) is 0. The maximum Gasteiger partial charge on any atom is 0.140 e. The molecule has 0 saturated heterocycles. The van der Waals surface area contributed by atoms with Crippen molar-refractivity contribution < 1.29 is 5.21 Å². The molecule has 4 nitrogen and oxygen atoms in total. The lowest BCUT2D eigenvalue weighted by Crippen LogP contribution is -2.22. The van der Waals surface area contributed by atoms with Crippen LogP contribution in [0.2, 0.25) is 0 Å². The summed E-state index contributed by atoms with van der Waals surface area (Å²) in [5, 5.41) is 13.9. The molecule has 4 heteroatoms. The van der Waals surface area contributed by atoms with E-state index < -0.39 is 0 Å². The molecule has 0 saturated carbocycles. The topological polar surface area (TPSA) is 70.6 Å². The van der Waals surface area contributed by atoms with Gasteiger partial charge in [-0.15, -0.1) is 6.58 Å². The first kappa shape index (κ1) is 8.97. The van der Waals surface area contributed by atoms with Crippen LogP contribution in [-0.2, 0) is 0 Å². The van der Waals surface area contributed by atoms with E-state index in [1.54, 1.807) is 6.08 Å². The molecule has 0 unspecified atom stereocenters. The molecule has 0 radical (unpaired) electrons. The predicted octanol–water partition coefficient (Wildman–Crippen LogP) is -0.102. The van der Waals surface area contributed by atoms with Crippen LogP contribution in [0.1, 0.15) is 6.42 Å². The van der Waals surface area contributed by atoms with Crippen LogP contribution in [0, 0.1) is 0 Å². The van der Waals surface area contributed by atoms with Gasteiger partial charge in [0.15, 0.2) is 0 Å². The number of nitrogens with one attached hydrogen (secondary N) is 1. The average molecular weight is 143 g/mol. The fraction of sp³-hybridized carbons (Fsp3) is 0.500. The predicted molar refractivity (Wildman–Crippen MR) is 41.1 cm³/mol. The standard InChI is InChI=1S/C6H13N3O/c1-2-4-8-5-3-6(7)9-10/h2,8,10H,1,3-5H2,(H2,7,9). The number of hydrogen-bond acceptors (Lipinski definition) is 3. The molecule has 0 atom stereocenters. The molecule has 0 bridgehead atoms. The van der Waals surface area contributed by atoms with Gasteiger partial charge in [0, 0.05) is 19.5 Å². The first-order valence-electron chi connectivity index (χ1n) is 3.09. The van der Waals surface area contributed by atoms with Gasteiger partial charge in [-0.2, -0.15) is 0 Å². The van der Waals surface area contributed by atoms with E-state index in [1.807, 2.05) is 0 Å². The van der Waals surface area contributed by atoms with Crippen molar-refractivity contribution in [3.05, 3.63) is 12.7 Å². The largest absolute Gasteiger partial charge is 0.409 e. The second kappa shape index (κ2) is 6.10. The Kier molecular flexibility index (Phi) is 5.47. The minimum atomic E-state index is 0.247. The maximum absolute atomic E-state index is 8.11. The van der Waals surface area contributed by atoms with Crippen molar-refractivity contribution in [3.8, 4) is 0 Å². The maximum atomic E-state index is 8.11. The van der Waals surface area contributed by atoms with Gasteiger partial charge in [-0.3, -0.25) is 0 Å². The number of rotatable bonds is 5. The highest BCUT2D eigenvalue weighted by molar-refractivity contribution is 5.79. The van der Waals surface area contributed by atoms with Crippen molar-refractivity contribution in [2.75, 3.05) is 13.1 Å². The molecule has 58 valence electrons. The van der Waals surface area contributed by atoms with Crippen LogP contribution in [-0.4, -0.2) is 24.1 Å². The van der Waals surface area contributed by atoms with Crippen molar-refractivity contribution >= 4 is 5.84 Å². The van der Waals surface area contributed by atoms with E-state index >= 15 is 0 Å². The van der Waals surface area contributed by atoms with Crippen molar-refractivity contribution in [1.29, 1.82) is 0 Å². The Labute approximate surface area is 60.4 Å². The zero-order valence-electron chi connectivity index (χ0n) is 5.88. The lowest BCUT2D eigenvalue weighted by Gasteiger charge is -1.98. The fourth-order valence-corrected chi connectivity index (χ4v) is 0.471. The molecule has 4 N–H and O–H groups in total. The molecule has 0 rings (SSSR count). The number of nitrogens with zero attached hydrogens (tertiary/aromatic N) is 1. The quantitative estimate of drug-likeness (QED) is 0.126. The highest BCUT2D eigenvalue weighted by Crippen LogP contribution is 1.75. The van der Waals surface area contributed by atoms with Crippen molar-refractivity contribution in [2.24, 2.45) is 10.9 Å². The summed E-state index contributed by atoms with van der Waals surface area (Å²) in [5.41, 5.74) is 5.19. The molecule has 0 aliphatic heterocycles. The molecule has 0 spiro atoms. The van der Waals surface area contributed by atoms with Gasteiger partial charge in [0.25, 0.3) is 0 Å². The summed E-state index contributed by atoms with van der Waals surface area (Å²) in [5.74, 6) is 0.247. The zero-order valence-corrected chi connectivity index (χ0v) is 5.88. The molecule has 0 fully saturated rings. The van der Waals surface area contributed by atoms with Gasteiger partial charge in [0.1, 0.15) is 5.84 Å². The number of amidine groups is 1. The Bertz CT molecular complexity index is 122. The molecular weight excluding hydrogens is 130 g/mol. The SMILES string of the molecule is C=CCNCC/C(N)=N/O. The average Bonchev–Trinajstić information content (AvgIpc) is 1.98. The molecular formula is C6H13N3O. The summed E-state index contributed by atoms with van der Waals surface area (Å²) in [6.07, 6.45) is 2.32. The van der Waals surface area contributed by atoms with Gasteiger partial charge in [0.05, 0.1) is 0 Å². The van der Waals surface area contributed by atoms with Gasteiger partial charge in [-0.25, -0.2) is 0 Å². The van der Waals surface area contributed by atoms with Gasteiger partial charge >= 0.3 is 0 Å². The lowest BCUT2D eigenvalue weighted by molar-refractivity contribution is 0.316. The second-order valence-corrected chi connectivity index (χ2v) is 1.83. The fourth-order valence-electron chi connectivity index (χ4n) is 0.471. The molecule has 0 aromatic rings. The Balaban J connectivity index is 3.11. The Hall–Kier alpha value is -1.03. The summed E-state index contributed by atoms with van der Waals surface area (Å²) >= 11 is 0. The summed E-state index contributed by atoms with van der Waals surface area (Å²) < 4.78 is 0. The number of nitrogens with two attached hydrogens (primary N) is 1. The van der Waals surface area contributed by atoms with E-state index in [4.69, 9.17) is 10.9 Å². The van der Waals surface area contributed by atoms with E-state index in [0.717, 1.165) is 6.54 Å². The van der Waals surface area contributed by atoms with E-state index in [1.165, 1.54) is 0 Å². The third-order valence-electron chi connectivity index (χ3n) is 0.975. The zero-order chi connectivity index (χ0) is 7.82. The molecule has 10 heavy (non-hydrogen) atoms.